The molecule has 8 heteroatoms. The van der Waals surface area contributed by atoms with E-state index in [4.69, 9.17) is 0 Å². The molecule has 2 aliphatic carbocycles. The molecule has 1 saturated heterocycles. The van der Waals surface area contributed by atoms with E-state index < -0.39 is 10.5 Å². The molecule has 0 bridgehead atoms. The highest BCUT2D eigenvalue weighted by molar-refractivity contribution is 7.13. The van der Waals surface area contributed by atoms with Crippen molar-refractivity contribution < 1.29 is 14.5 Å². The highest BCUT2D eigenvalue weighted by Gasteiger charge is 2.65. The molecular weight excluding hydrogens is 306 g/mol. The van der Waals surface area contributed by atoms with Crippen molar-refractivity contribution in [3.8, 4) is 0 Å². The van der Waals surface area contributed by atoms with Gasteiger partial charge in [0.15, 0.2) is 0 Å². The van der Waals surface area contributed by atoms with E-state index in [1.54, 1.807) is 5.38 Å². The predicted octanol–water partition coefficient (Wildman–Crippen LogP) is 2.27. The van der Waals surface area contributed by atoms with Gasteiger partial charge < -0.3 is 5.32 Å². The van der Waals surface area contributed by atoms with E-state index in [2.05, 4.69) is 5.32 Å². The first-order chi connectivity index (χ1) is 10.5. The number of nitrogens with one attached hydrogen (secondary N) is 1. The molecule has 0 spiro atoms. The molecule has 0 aromatic carbocycles. The summed E-state index contributed by atoms with van der Waals surface area (Å²) < 4.78 is 0. The normalized spacial score (nSPS) is 23.7. The monoisotopic (exact) mass is 321 g/mol. The van der Waals surface area contributed by atoms with Crippen molar-refractivity contribution in [2.24, 2.45) is 11.8 Å². The van der Waals surface area contributed by atoms with Crippen LogP contribution in [0.15, 0.2) is 11.4 Å². The molecule has 3 amide bonds. The summed E-state index contributed by atoms with van der Waals surface area (Å²) in [6, 6.07) is 1.07. The number of nitro groups is 1. The third-order valence-electron chi connectivity index (χ3n) is 4.76. The molecular formula is C14H15N3O4S. The SMILES string of the molecule is O=C1NC(C2CC2)(C2CC2)C(=O)N1Cc1csc([N+](=O)[O-])c1. The van der Waals surface area contributed by atoms with Crippen molar-refractivity contribution in [3.05, 3.63) is 27.1 Å². The van der Waals surface area contributed by atoms with Crippen molar-refractivity contribution in [2.45, 2.75) is 37.8 Å². The molecule has 1 N–H and O–H groups in total. The minimum Gasteiger partial charge on any atom is -0.323 e. The Hall–Kier alpha value is -1.96. The van der Waals surface area contributed by atoms with Crippen LogP contribution in [-0.4, -0.2) is 27.3 Å². The van der Waals surface area contributed by atoms with Crippen molar-refractivity contribution in [3.63, 3.8) is 0 Å². The summed E-state index contributed by atoms with van der Waals surface area (Å²) in [5.74, 6) is 0.382. The number of hydrogen-bond donors (Lipinski definition) is 1. The zero-order valence-corrected chi connectivity index (χ0v) is 12.6. The number of amides is 3. The van der Waals surface area contributed by atoms with Gasteiger partial charge in [-0.05, 0) is 43.1 Å². The fraction of sp³-hybridized carbons (Fsp3) is 0.571. The molecule has 3 aliphatic rings. The Balaban J connectivity index is 1.58. The van der Waals surface area contributed by atoms with Gasteiger partial charge in [0.25, 0.3) is 5.91 Å². The second kappa shape index (κ2) is 4.52. The molecule has 2 saturated carbocycles. The fourth-order valence-corrected chi connectivity index (χ4v) is 4.17. The summed E-state index contributed by atoms with van der Waals surface area (Å²) >= 11 is 1.01. The van der Waals surface area contributed by atoms with Gasteiger partial charge in [-0.1, -0.05) is 11.3 Å². The molecule has 1 aromatic heterocycles. The van der Waals surface area contributed by atoms with E-state index in [1.165, 1.54) is 11.0 Å². The minimum atomic E-state index is -0.695. The standard InChI is InChI=1S/C14H15N3O4S/c18-12-14(9-1-2-9,10-3-4-10)15-13(19)16(12)6-8-5-11(17(20)21)22-7-8/h5,7,9-10H,1-4,6H2,(H,15,19). The van der Waals surface area contributed by atoms with Crippen LogP contribution in [0.2, 0.25) is 0 Å². The van der Waals surface area contributed by atoms with E-state index in [0.29, 0.717) is 5.56 Å². The van der Waals surface area contributed by atoms with Gasteiger partial charge in [-0.3, -0.25) is 19.8 Å². The Morgan fingerprint density at radius 3 is 2.45 bits per heavy atom. The van der Waals surface area contributed by atoms with Crippen molar-refractivity contribution in [1.82, 2.24) is 10.2 Å². The molecule has 0 radical (unpaired) electrons. The van der Waals surface area contributed by atoms with Gasteiger partial charge in [0.2, 0.25) is 0 Å². The summed E-state index contributed by atoms with van der Waals surface area (Å²) in [7, 11) is 0. The average molecular weight is 321 g/mol. The molecule has 1 aliphatic heterocycles. The molecule has 4 rings (SSSR count). The zero-order chi connectivity index (χ0) is 15.5. The number of hydrogen-bond acceptors (Lipinski definition) is 5. The Morgan fingerprint density at radius 2 is 1.95 bits per heavy atom. The number of nitrogens with zero attached hydrogens (tertiary/aromatic N) is 2. The largest absolute Gasteiger partial charge is 0.325 e. The number of carbonyl (C=O) groups is 2. The molecule has 1 aromatic rings. The third-order valence-corrected chi connectivity index (χ3v) is 5.69. The quantitative estimate of drug-likeness (QED) is 0.511. The fourth-order valence-electron chi connectivity index (χ4n) is 3.45. The average Bonchev–Trinajstić information content (AvgIpc) is 3.39. The molecule has 2 heterocycles. The van der Waals surface area contributed by atoms with Crippen LogP contribution < -0.4 is 5.32 Å². The van der Waals surface area contributed by atoms with Crippen LogP contribution in [0.1, 0.15) is 31.2 Å². The smallest absolute Gasteiger partial charge is 0.323 e. The van der Waals surface area contributed by atoms with Crippen molar-refractivity contribution >= 4 is 28.3 Å². The van der Waals surface area contributed by atoms with E-state index in [1.807, 2.05) is 0 Å². The summed E-state index contributed by atoms with van der Waals surface area (Å²) in [5.41, 5.74) is -0.0680. The van der Waals surface area contributed by atoms with Crippen molar-refractivity contribution in [1.29, 1.82) is 0 Å². The first kappa shape index (κ1) is 13.7. The molecule has 0 unspecified atom stereocenters. The zero-order valence-electron chi connectivity index (χ0n) is 11.8. The Labute approximate surface area is 130 Å². The Kier molecular flexibility index (Phi) is 2.81. The van der Waals surface area contributed by atoms with Crippen LogP contribution in [0, 0.1) is 22.0 Å². The lowest BCUT2D eigenvalue weighted by atomic mass is 9.87. The number of urea groups is 1. The molecule has 116 valence electrons. The topological polar surface area (TPSA) is 92.6 Å². The number of imide groups is 1. The van der Waals surface area contributed by atoms with Crippen LogP contribution in [-0.2, 0) is 11.3 Å². The van der Waals surface area contributed by atoms with Crippen molar-refractivity contribution in [2.75, 3.05) is 0 Å². The van der Waals surface area contributed by atoms with Gasteiger partial charge >= 0.3 is 11.0 Å². The van der Waals surface area contributed by atoms with Crippen LogP contribution in [0.25, 0.3) is 0 Å². The second-order valence-electron chi connectivity index (χ2n) is 6.29. The number of carbonyl (C=O) groups excluding carboxylic acids is 2. The summed E-state index contributed by atoms with van der Waals surface area (Å²) in [5, 5.41) is 15.3. The van der Waals surface area contributed by atoms with E-state index in [-0.39, 0.29) is 35.3 Å². The van der Waals surface area contributed by atoms with Crippen LogP contribution in [0.5, 0.6) is 0 Å². The Bertz CT molecular complexity index is 665. The maximum Gasteiger partial charge on any atom is 0.325 e. The molecule has 3 fully saturated rings. The van der Waals surface area contributed by atoms with Crippen LogP contribution in [0.3, 0.4) is 0 Å². The summed E-state index contributed by atoms with van der Waals surface area (Å²) in [6.07, 6.45) is 3.95. The molecule has 22 heavy (non-hydrogen) atoms. The lowest BCUT2D eigenvalue weighted by Crippen LogP contribution is -2.51. The van der Waals surface area contributed by atoms with Gasteiger partial charge in [-0.15, -0.1) is 0 Å². The number of rotatable bonds is 5. The first-order valence-corrected chi connectivity index (χ1v) is 8.26. The Morgan fingerprint density at radius 1 is 1.32 bits per heavy atom. The van der Waals surface area contributed by atoms with Crippen LogP contribution in [0.4, 0.5) is 9.80 Å². The highest BCUT2D eigenvalue weighted by atomic mass is 32.1. The lowest BCUT2D eigenvalue weighted by molar-refractivity contribution is -0.380. The van der Waals surface area contributed by atoms with E-state index in [0.717, 1.165) is 37.0 Å². The van der Waals surface area contributed by atoms with Gasteiger partial charge in [0, 0.05) is 11.4 Å². The van der Waals surface area contributed by atoms with Gasteiger partial charge in [-0.2, -0.15) is 0 Å². The summed E-state index contributed by atoms with van der Waals surface area (Å²) in [6.45, 7) is 0.107. The first-order valence-electron chi connectivity index (χ1n) is 7.38. The van der Waals surface area contributed by atoms with E-state index >= 15 is 0 Å². The van der Waals surface area contributed by atoms with Gasteiger partial charge in [-0.25, -0.2) is 4.79 Å². The molecule has 0 atom stereocenters. The predicted molar refractivity (Wildman–Crippen MR) is 78.2 cm³/mol. The lowest BCUT2D eigenvalue weighted by Gasteiger charge is -2.26. The third kappa shape index (κ3) is 1.93. The second-order valence-corrected chi connectivity index (χ2v) is 7.18. The maximum atomic E-state index is 12.9. The number of thiophene rings is 1. The molecule has 7 nitrogen and oxygen atoms in total. The van der Waals surface area contributed by atoms with E-state index in [9.17, 15) is 19.7 Å². The van der Waals surface area contributed by atoms with Gasteiger partial charge in [0.05, 0.1) is 11.5 Å². The van der Waals surface area contributed by atoms with Crippen LogP contribution >= 0.6 is 11.3 Å². The maximum absolute atomic E-state index is 12.9. The minimum absolute atomic E-state index is 0.0257. The summed E-state index contributed by atoms with van der Waals surface area (Å²) in [4.78, 5) is 36.6. The van der Waals surface area contributed by atoms with Gasteiger partial charge in [0.1, 0.15) is 5.54 Å². The highest BCUT2D eigenvalue weighted by Crippen LogP contribution is 2.54.